The number of hydrogen-bond donors (Lipinski definition) is 1. The lowest BCUT2D eigenvalue weighted by atomic mass is 9.48. The molecular formula is C12H19NO. The van der Waals surface area contributed by atoms with Gasteiger partial charge in [-0.15, -0.1) is 0 Å². The largest absolute Gasteiger partial charge is 0.325 e. The molecule has 0 spiro atoms. The van der Waals surface area contributed by atoms with Crippen molar-refractivity contribution in [3.05, 3.63) is 0 Å². The second-order valence-electron chi connectivity index (χ2n) is 5.97. The highest BCUT2D eigenvalue weighted by Gasteiger charge is 2.54. The third-order valence-electron chi connectivity index (χ3n) is 4.79. The van der Waals surface area contributed by atoms with Gasteiger partial charge in [0, 0.05) is 11.5 Å². The molecule has 4 aliphatic rings. The van der Waals surface area contributed by atoms with E-state index in [0.717, 1.165) is 18.8 Å². The average molecular weight is 193 g/mol. The molecule has 4 saturated carbocycles. The predicted octanol–water partition coefficient (Wildman–Crippen LogP) is 1.73. The molecular weight excluding hydrogens is 174 g/mol. The number of carbonyl (C=O) groups is 1. The summed E-state index contributed by atoms with van der Waals surface area (Å²) in [6.07, 6.45) is 6.01. The third kappa shape index (κ3) is 1.10. The van der Waals surface area contributed by atoms with Crippen LogP contribution in [0.15, 0.2) is 0 Å². The van der Waals surface area contributed by atoms with Gasteiger partial charge in [-0.1, -0.05) is 0 Å². The van der Waals surface area contributed by atoms with E-state index in [-0.39, 0.29) is 5.54 Å². The number of rotatable bonds is 1. The molecule has 0 saturated heterocycles. The Morgan fingerprint density at radius 1 is 1.21 bits per heavy atom. The van der Waals surface area contributed by atoms with Gasteiger partial charge in [-0.3, -0.25) is 4.79 Å². The summed E-state index contributed by atoms with van der Waals surface area (Å²) in [5.41, 5.74) is 6.49. The molecule has 0 aromatic heterocycles. The minimum Gasteiger partial charge on any atom is -0.325 e. The molecule has 0 heterocycles. The minimum absolute atomic E-state index is 0.114. The molecule has 2 heteroatoms. The van der Waals surface area contributed by atoms with Crippen LogP contribution in [0.25, 0.3) is 0 Å². The highest BCUT2D eigenvalue weighted by atomic mass is 16.1. The second kappa shape index (κ2) is 2.60. The maximum absolute atomic E-state index is 11.6. The van der Waals surface area contributed by atoms with Crippen molar-refractivity contribution in [3.63, 3.8) is 0 Å². The first-order valence-corrected chi connectivity index (χ1v) is 5.87. The Morgan fingerprint density at radius 3 is 2.21 bits per heavy atom. The highest BCUT2D eigenvalue weighted by molar-refractivity contribution is 5.79. The summed E-state index contributed by atoms with van der Waals surface area (Å²) in [4.78, 5) is 11.6. The van der Waals surface area contributed by atoms with E-state index in [1.165, 1.54) is 19.3 Å². The Bertz CT molecular complexity index is 270. The van der Waals surface area contributed by atoms with E-state index in [9.17, 15) is 4.79 Å². The highest BCUT2D eigenvalue weighted by Crippen LogP contribution is 2.57. The summed E-state index contributed by atoms with van der Waals surface area (Å²) in [7, 11) is 0. The molecule has 0 aromatic carbocycles. The van der Waals surface area contributed by atoms with Crippen molar-refractivity contribution in [1.82, 2.24) is 0 Å². The van der Waals surface area contributed by atoms with Crippen LogP contribution in [-0.2, 0) is 4.79 Å². The fourth-order valence-electron chi connectivity index (χ4n) is 4.75. The van der Waals surface area contributed by atoms with Crippen molar-refractivity contribution in [3.8, 4) is 0 Å². The zero-order valence-electron chi connectivity index (χ0n) is 8.83. The van der Waals surface area contributed by atoms with Gasteiger partial charge < -0.3 is 5.73 Å². The van der Waals surface area contributed by atoms with Crippen LogP contribution in [0.5, 0.6) is 0 Å². The zero-order valence-corrected chi connectivity index (χ0v) is 8.83. The molecule has 14 heavy (non-hydrogen) atoms. The van der Waals surface area contributed by atoms with E-state index in [1.807, 2.05) is 0 Å². The van der Waals surface area contributed by atoms with Crippen LogP contribution in [0.4, 0.5) is 0 Å². The Labute approximate surface area is 85.2 Å². The van der Waals surface area contributed by atoms with Crippen molar-refractivity contribution < 1.29 is 4.79 Å². The standard InChI is InChI=1S/C12H19NO/c1-7(14)11-9-2-8-3-10(11)6-12(13,4-8)5-9/h8-11H,2-6,13H2,1H3. The quantitative estimate of drug-likeness (QED) is 0.689. The maximum atomic E-state index is 11.6. The molecule has 2 atom stereocenters. The van der Waals surface area contributed by atoms with Gasteiger partial charge in [-0.25, -0.2) is 0 Å². The van der Waals surface area contributed by atoms with Crippen molar-refractivity contribution in [1.29, 1.82) is 0 Å². The van der Waals surface area contributed by atoms with Gasteiger partial charge in [-0.05, 0) is 56.8 Å². The average Bonchev–Trinajstić information content (AvgIpc) is 1.97. The van der Waals surface area contributed by atoms with Gasteiger partial charge in [0.15, 0.2) is 0 Å². The molecule has 4 rings (SSSR count). The Kier molecular flexibility index (Phi) is 1.65. The number of nitrogens with two attached hydrogens (primary N) is 1. The van der Waals surface area contributed by atoms with Gasteiger partial charge in [0.25, 0.3) is 0 Å². The molecule has 4 fully saturated rings. The number of carbonyl (C=O) groups excluding carboxylic acids is 1. The summed E-state index contributed by atoms with van der Waals surface area (Å²) in [6, 6.07) is 0. The summed E-state index contributed by atoms with van der Waals surface area (Å²) >= 11 is 0. The SMILES string of the molecule is CC(=O)C1C2CC3CC1CC(N)(C3)C2. The van der Waals surface area contributed by atoms with Crippen LogP contribution >= 0.6 is 0 Å². The normalized spacial score (nSPS) is 55.0. The molecule has 4 aliphatic carbocycles. The van der Waals surface area contributed by atoms with Gasteiger partial charge in [0.05, 0.1) is 0 Å². The van der Waals surface area contributed by atoms with Crippen LogP contribution in [0.1, 0.15) is 39.0 Å². The van der Waals surface area contributed by atoms with Crippen molar-refractivity contribution in [2.24, 2.45) is 29.4 Å². The summed E-state index contributed by atoms with van der Waals surface area (Å²) in [5.74, 6) is 2.88. The third-order valence-corrected chi connectivity index (χ3v) is 4.79. The Balaban J connectivity index is 1.93. The number of hydrogen-bond acceptors (Lipinski definition) is 2. The lowest BCUT2D eigenvalue weighted by Gasteiger charge is -2.58. The molecule has 4 bridgehead atoms. The number of ketones is 1. The van der Waals surface area contributed by atoms with E-state index in [1.54, 1.807) is 6.92 Å². The zero-order chi connectivity index (χ0) is 9.92. The van der Waals surface area contributed by atoms with E-state index in [2.05, 4.69) is 0 Å². The molecule has 78 valence electrons. The van der Waals surface area contributed by atoms with Gasteiger partial charge >= 0.3 is 0 Å². The van der Waals surface area contributed by atoms with E-state index >= 15 is 0 Å². The van der Waals surface area contributed by atoms with E-state index < -0.39 is 0 Å². The molecule has 2 unspecified atom stereocenters. The van der Waals surface area contributed by atoms with Crippen LogP contribution in [0.3, 0.4) is 0 Å². The molecule has 0 amide bonds. The minimum atomic E-state index is 0.114. The molecule has 0 aromatic rings. The summed E-state index contributed by atoms with van der Waals surface area (Å²) < 4.78 is 0. The lowest BCUT2D eigenvalue weighted by Crippen LogP contribution is -2.60. The Hall–Kier alpha value is -0.370. The molecule has 2 nitrogen and oxygen atoms in total. The fraction of sp³-hybridized carbons (Fsp3) is 0.917. The Morgan fingerprint density at radius 2 is 1.79 bits per heavy atom. The predicted molar refractivity (Wildman–Crippen MR) is 54.6 cm³/mol. The van der Waals surface area contributed by atoms with Gasteiger partial charge in [0.2, 0.25) is 0 Å². The number of Topliss-reactive ketones (excluding diaryl/α,β-unsaturated/α-hetero) is 1. The van der Waals surface area contributed by atoms with Gasteiger partial charge in [-0.2, -0.15) is 0 Å². The first-order valence-electron chi connectivity index (χ1n) is 5.87. The smallest absolute Gasteiger partial charge is 0.133 e. The fourth-order valence-corrected chi connectivity index (χ4v) is 4.75. The van der Waals surface area contributed by atoms with Crippen molar-refractivity contribution >= 4 is 5.78 Å². The molecule has 0 radical (unpaired) electrons. The lowest BCUT2D eigenvalue weighted by molar-refractivity contribution is -0.134. The first kappa shape index (κ1) is 8.90. The van der Waals surface area contributed by atoms with Crippen molar-refractivity contribution in [2.45, 2.75) is 44.6 Å². The molecule has 2 N–H and O–H groups in total. The molecule has 0 aliphatic heterocycles. The van der Waals surface area contributed by atoms with E-state index in [4.69, 9.17) is 5.73 Å². The monoisotopic (exact) mass is 193 g/mol. The second-order valence-corrected chi connectivity index (χ2v) is 5.97. The summed E-state index contributed by atoms with van der Waals surface area (Å²) in [5, 5.41) is 0. The van der Waals surface area contributed by atoms with Gasteiger partial charge in [0.1, 0.15) is 5.78 Å². The maximum Gasteiger partial charge on any atom is 0.133 e. The van der Waals surface area contributed by atoms with Crippen LogP contribution in [0.2, 0.25) is 0 Å². The first-order chi connectivity index (χ1) is 6.57. The summed E-state index contributed by atoms with van der Waals surface area (Å²) in [6.45, 7) is 1.77. The van der Waals surface area contributed by atoms with E-state index in [0.29, 0.717) is 23.5 Å². The van der Waals surface area contributed by atoms with Crippen LogP contribution in [-0.4, -0.2) is 11.3 Å². The van der Waals surface area contributed by atoms with Crippen LogP contribution < -0.4 is 5.73 Å². The van der Waals surface area contributed by atoms with Crippen molar-refractivity contribution in [2.75, 3.05) is 0 Å². The topological polar surface area (TPSA) is 43.1 Å². The van der Waals surface area contributed by atoms with Crippen LogP contribution in [0, 0.1) is 23.7 Å².